The van der Waals surface area contributed by atoms with Crippen molar-refractivity contribution in [3.05, 3.63) is 96.1 Å². The molecule has 2 amide bonds. The van der Waals surface area contributed by atoms with Gasteiger partial charge in [0.2, 0.25) is 11.8 Å². The van der Waals surface area contributed by atoms with Crippen LogP contribution in [0.5, 0.6) is 0 Å². The molecule has 3 aromatic carbocycles. The van der Waals surface area contributed by atoms with Gasteiger partial charge in [0.05, 0.1) is 10.6 Å². The fourth-order valence-corrected chi connectivity index (χ4v) is 6.23. The second-order valence-corrected chi connectivity index (χ2v) is 11.8. The predicted octanol–water partition coefficient (Wildman–Crippen LogP) is 5.03. The highest BCUT2D eigenvalue weighted by Gasteiger charge is 2.33. The van der Waals surface area contributed by atoms with Crippen molar-refractivity contribution in [2.45, 2.75) is 62.6 Å². The number of anilines is 1. The second kappa shape index (κ2) is 13.0. The molecule has 1 N–H and O–H groups in total. The topological polar surface area (TPSA) is 86.8 Å². The summed E-state index contributed by atoms with van der Waals surface area (Å²) in [6.07, 6.45) is 4.81. The number of amides is 2. The Hall–Kier alpha value is -3.79. The van der Waals surface area contributed by atoms with Gasteiger partial charge in [0.25, 0.3) is 10.0 Å². The monoisotopic (exact) mass is 569 g/mol. The summed E-state index contributed by atoms with van der Waals surface area (Å²) in [5, 5.41) is 3.01. The molecule has 0 heterocycles. The molecule has 0 unspecified atom stereocenters. The van der Waals surface area contributed by atoms with Crippen molar-refractivity contribution in [2.24, 2.45) is 0 Å². The molecule has 0 radical (unpaired) electrons. The number of para-hydroxylation sites is 1. The Balaban J connectivity index is 1.66. The van der Waals surface area contributed by atoms with Crippen LogP contribution in [0.4, 0.5) is 14.5 Å². The van der Waals surface area contributed by atoms with Gasteiger partial charge in [0.15, 0.2) is 0 Å². The van der Waals surface area contributed by atoms with Crippen LogP contribution in [-0.4, -0.2) is 43.8 Å². The number of rotatable bonds is 10. The number of nitrogens with zero attached hydrogens (tertiary/aromatic N) is 2. The van der Waals surface area contributed by atoms with E-state index in [0.29, 0.717) is 0 Å². The summed E-state index contributed by atoms with van der Waals surface area (Å²) >= 11 is 0. The molecule has 212 valence electrons. The second-order valence-electron chi connectivity index (χ2n) is 9.93. The van der Waals surface area contributed by atoms with Crippen molar-refractivity contribution >= 4 is 27.5 Å². The average Bonchev–Trinajstić information content (AvgIpc) is 2.96. The number of sulfonamides is 1. The molecule has 3 aromatic rings. The summed E-state index contributed by atoms with van der Waals surface area (Å²) in [7, 11) is -4.30. The standard InChI is InChI=1S/C30H33F2N3O4S/c1-22(30(37)33-25-11-4-2-5-12-25)34(20-23-10-8-9-15-28(23)32)29(36)21-35(26-13-6-3-7-14-26)40(38,39)27-18-16-24(31)17-19-27/h3,6-10,13-19,22,25H,2,4-5,11-12,20-21H2,1H3,(H,33,37)/t22-/m0/s1. The van der Waals surface area contributed by atoms with Crippen LogP contribution in [-0.2, 0) is 26.2 Å². The van der Waals surface area contributed by atoms with Crippen molar-refractivity contribution in [1.29, 1.82) is 0 Å². The van der Waals surface area contributed by atoms with Gasteiger partial charge in [-0.2, -0.15) is 0 Å². The van der Waals surface area contributed by atoms with Crippen LogP contribution in [0.25, 0.3) is 0 Å². The van der Waals surface area contributed by atoms with Gasteiger partial charge >= 0.3 is 0 Å². The molecule has 10 heteroatoms. The molecular weight excluding hydrogens is 536 g/mol. The quantitative estimate of drug-likeness (QED) is 0.371. The predicted molar refractivity (Wildman–Crippen MR) is 149 cm³/mol. The number of carbonyl (C=O) groups is 2. The number of hydrogen-bond acceptors (Lipinski definition) is 4. The van der Waals surface area contributed by atoms with Gasteiger partial charge < -0.3 is 10.2 Å². The third-order valence-electron chi connectivity index (χ3n) is 7.14. The van der Waals surface area contributed by atoms with E-state index in [-0.39, 0.29) is 34.6 Å². The van der Waals surface area contributed by atoms with Gasteiger partial charge in [-0.3, -0.25) is 13.9 Å². The summed E-state index contributed by atoms with van der Waals surface area (Å²) in [6.45, 7) is 0.668. The average molecular weight is 570 g/mol. The summed E-state index contributed by atoms with van der Waals surface area (Å²) < 4.78 is 56.5. The maximum atomic E-state index is 14.6. The third kappa shape index (κ3) is 7.04. The Labute approximate surface area is 233 Å². The minimum Gasteiger partial charge on any atom is -0.352 e. The lowest BCUT2D eigenvalue weighted by atomic mass is 9.95. The lowest BCUT2D eigenvalue weighted by Crippen LogP contribution is -2.53. The molecular formula is C30H33F2N3O4S. The van der Waals surface area contributed by atoms with E-state index in [1.54, 1.807) is 31.2 Å². The van der Waals surface area contributed by atoms with Crippen molar-refractivity contribution in [1.82, 2.24) is 10.2 Å². The zero-order valence-corrected chi connectivity index (χ0v) is 23.1. The summed E-state index contributed by atoms with van der Waals surface area (Å²) in [5.41, 5.74) is 0.408. The first-order valence-corrected chi connectivity index (χ1v) is 14.8. The van der Waals surface area contributed by atoms with E-state index in [1.165, 1.54) is 35.2 Å². The number of carbonyl (C=O) groups excluding carboxylic acids is 2. The van der Waals surface area contributed by atoms with E-state index in [2.05, 4.69) is 5.32 Å². The SMILES string of the molecule is C[C@@H](C(=O)NC1CCCCC1)N(Cc1ccccc1F)C(=O)CN(c1ccccc1)S(=O)(=O)c1ccc(F)cc1. The van der Waals surface area contributed by atoms with E-state index in [9.17, 15) is 26.8 Å². The summed E-state index contributed by atoms with van der Waals surface area (Å²) in [5.74, 6) is -2.22. The number of nitrogens with one attached hydrogen (secondary N) is 1. The molecule has 1 aliphatic rings. The zero-order valence-electron chi connectivity index (χ0n) is 22.3. The molecule has 7 nitrogen and oxygen atoms in total. The number of halogens is 2. The van der Waals surface area contributed by atoms with E-state index in [4.69, 9.17) is 0 Å². The maximum Gasteiger partial charge on any atom is 0.264 e. The summed E-state index contributed by atoms with van der Waals surface area (Å²) in [4.78, 5) is 28.1. The Kier molecular flexibility index (Phi) is 9.52. The molecule has 0 spiro atoms. The molecule has 0 saturated heterocycles. The fourth-order valence-electron chi connectivity index (χ4n) is 4.82. The molecule has 1 aliphatic carbocycles. The largest absolute Gasteiger partial charge is 0.352 e. The molecule has 0 bridgehead atoms. The minimum absolute atomic E-state index is 0.00576. The van der Waals surface area contributed by atoms with Crippen molar-refractivity contribution in [3.8, 4) is 0 Å². The van der Waals surface area contributed by atoms with Gasteiger partial charge in [-0.25, -0.2) is 17.2 Å². The highest BCUT2D eigenvalue weighted by Crippen LogP contribution is 2.25. The number of hydrogen-bond donors (Lipinski definition) is 1. The smallest absolute Gasteiger partial charge is 0.264 e. The van der Waals surface area contributed by atoms with Gasteiger partial charge in [-0.05, 0) is 62.2 Å². The van der Waals surface area contributed by atoms with Crippen LogP contribution >= 0.6 is 0 Å². The molecule has 0 aliphatic heterocycles. The van der Waals surface area contributed by atoms with Gasteiger partial charge in [-0.1, -0.05) is 55.7 Å². The van der Waals surface area contributed by atoms with Gasteiger partial charge in [-0.15, -0.1) is 0 Å². The molecule has 1 atom stereocenters. The Morgan fingerprint density at radius 1 is 0.900 bits per heavy atom. The van der Waals surface area contributed by atoms with Crippen molar-refractivity contribution < 1.29 is 26.8 Å². The van der Waals surface area contributed by atoms with Gasteiger partial charge in [0.1, 0.15) is 24.2 Å². The van der Waals surface area contributed by atoms with E-state index < -0.39 is 40.2 Å². The van der Waals surface area contributed by atoms with Crippen LogP contribution in [0.1, 0.15) is 44.6 Å². The molecule has 0 aromatic heterocycles. The minimum atomic E-state index is -4.30. The third-order valence-corrected chi connectivity index (χ3v) is 8.93. The van der Waals surface area contributed by atoms with E-state index in [0.717, 1.165) is 60.7 Å². The van der Waals surface area contributed by atoms with Crippen LogP contribution < -0.4 is 9.62 Å². The van der Waals surface area contributed by atoms with Crippen LogP contribution in [0.2, 0.25) is 0 Å². The van der Waals surface area contributed by atoms with E-state index >= 15 is 0 Å². The lowest BCUT2D eigenvalue weighted by molar-refractivity contribution is -0.139. The van der Waals surface area contributed by atoms with Crippen molar-refractivity contribution in [3.63, 3.8) is 0 Å². The highest BCUT2D eigenvalue weighted by molar-refractivity contribution is 7.92. The van der Waals surface area contributed by atoms with Crippen LogP contribution in [0.3, 0.4) is 0 Å². The fraction of sp³-hybridized carbons (Fsp3) is 0.333. The highest BCUT2D eigenvalue weighted by atomic mass is 32.2. The normalized spacial score (nSPS) is 14.8. The maximum absolute atomic E-state index is 14.6. The molecule has 1 fully saturated rings. The summed E-state index contributed by atoms with van der Waals surface area (Å²) in [6, 6.07) is 17.3. The van der Waals surface area contributed by atoms with Crippen molar-refractivity contribution in [2.75, 3.05) is 10.8 Å². The first-order valence-electron chi connectivity index (χ1n) is 13.3. The molecule has 1 saturated carbocycles. The molecule has 4 rings (SSSR count). The van der Waals surface area contributed by atoms with Gasteiger partial charge in [0, 0.05) is 18.2 Å². The zero-order chi connectivity index (χ0) is 28.7. The molecule has 40 heavy (non-hydrogen) atoms. The first-order chi connectivity index (χ1) is 19.2. The Morgan fingerprint density at radius 3 is 2.17 bits per heavy atom. The number of benzene rings is 3. The van der Waals surface area contributed by atoms with E-state index in [1.807, 2.05) is 0 Å². The lowest BCUT2D eigenvalue weighted by Gasteiger charge is -2.33. The van der Waals surface area contributed by atoms with Crippen LogP contribution in [0, 0.1) is 11.6 Å². The Morgan fingerprint density at radius 2 is 1.52 bits per heavy atom. The Bertz CT molecular complexity index is 1410. The van der Waals surface area contributed by atoms with Crippen LogP contribution in [0.15, 0.2) is 83.8 Å². The first kappa shape index (κ1) is 29.2.